The first-order valence-corrected chi connectivity index (χ1v) is 10.9. The lowest BCUT2D eigenvalue weighted by molar-refractivity contribution is -0.134. The molecule has 3 rings (SSSR count). The van der Waals surface area contributed by atoms with Gasteiger partial charge in [0.1, 0.15) is 10.6 Å². The third-order valence-corrected chi connectivity index (χ3v) is 6.13. The van der Waals surface area contributed by atoms with E-state index in [2.05, 4.69) is 18.8 Å². The van der Waals surface area contributed by atoms with Gasteiger partial charge in [-0.1, -0.05) is 25.4 Å². The third kappa shape index (κ3) is 5.70. The number of ether oxygens (including phenoxy) is 1. The Morgan fingerprint density at radius 3 is 2.38 bits per heavy atom. The number of halogens is 1. The van der Waals surface area contributed by atoms with E-state index in [1.54, 1.807) is 29.2 Å². The van der Waals surface area contributed by atoms with E-state index < -0.39 is 0 Å². The van der Waals surface area contributed by atoms with Crippen molar-refractivity contribution in [1.29, 1.82) is 0 Å². The molecule has 0 saturated carbocycles. The number of benzene rings is 1. The van der Waals surface area contributed by atoms with Gasteiger partial charge in [0.05, 0.1) is 10.7 Å². The first-order chi connectivity index (χ1) is 13.8. The number of hydrogen-bond donors (Lipinski definition) is 0. The van der Waals surface area contributed by atoms with Gasteiger partial charge >= 0.3 is 0 Å². The molecule has 1 aromatic heterocycles. The SMILES string of the molecule is Cc1nc(CC(C)C)sc1C(=O)N1CCN(C(=O)COc2ccc(Cl)cc2)CC1. The van der Waals surface area contributed by atoms with Gasteiger partial charge in [0.25, 0.3) is 11.8 Å². The lowest BCUT2D eigenvalue weighted by Crippen LogP contribution is -2.51. The normalized spacial score (nSPS) is 14.4. The number of thiazole rings is 1. The fraction of sp³-hybridized carbons (Fsp3) is 0.476. The van der Waals surface area contributed by atoms with Gasteiger partial charge in [0.15, 0.2) is 6.61 Å². The zero-order chi connectivity index (χ0) is 21.0. The summed E-state index contributed by atoms with van der Waals surface area (Å²) in [5, 5.41) is 1.63. The van der Waals surface area contributed by atoms with Gasteiger partial charge in [-0.3, -0.25) is 9.59 Å². The second-order valence-electron chi connectivity index (χ2n) is 7.54. The minimum atomic E-state index is -0.0831. The number of aromatic nitrogens is 1. The standard InChI is InChI=1S/C21H26ClN3O3S/c1-14(2)12-18-23-15(3)20(29-18)21(27)25-10-8-24(9-11-25)19(26)13-28-17-6-4-16(22)5-7-17/h4-7,14H,8-13H2,1-3H3. The summed E-state index contributed by atoms with van der Waals surface area (Å²) < 4.78 is 5.53. The molecule has 29 heavy (non-hydrogen) atoms. The van der Waals surface area contributed by atoms with Crippen molar-refractivity contribution in [2.45, 2.75) is 27.2 Å². The molecule has 6 nitrogen and oxygen atoms in total. The number of carbonyl (C=O) groups is 2. The zero-order valence-electron chi connectivity index (χ0n) is 17.0. The van der Waals surface area contributed by atoms with Crippen LogP contribution in [0.3, 0.4) is 0 Å². The molecular weight excluding hydrogens is 410 g/mol. The van der Waals surface area contributed by atoms with Gasteiger partial charge in [-0.05, 0) is 37.1 Å². The highest BCUT2D eigenvalue weighted by atomic mass is 35.5. The second kappa shape index (κ2) is 9.59. The predicted octanol–water partition coefficient (Wildman–Crippen LogP) is 3.67. The van der Waals surface area contributed by atoms with Gasteiger partial charge in [-0.2, -0.15) is 0 Å². The molecule has 0 N–H and O–H groups in total. The van der Waals surface area contributed by atoms with Crippen LogP contribution in [0.2, 0.25) is 5.02 Å². The Kier molecular flexibility index (Phi) is 7.14. The molecule has 2 heterocycles. The van der Waals surface area contributed by atoms with Crippen molar-refractivity contribution in [3.63, 3.8) is 0 Å². The molecule has 156 valence electrons. The first kappa shape index (κ1) is 21.6. The van der Waals surface area contributed by atoms with E-state index in [-0.39, 0.29) is 18.4 Å². The Morgan fingerprint density at radius 1 is 1.14 bits per heavy atom. The highest BCUT2D eigenvalue weighted by molar-refractivity contribution is 7.13. The van der Waals surface area contributed by atoms with Crippen LogP contribution in [0.15, 0.2) is 24.3 Å². The summed E-state index contributed by atoms with van der Waals surface area (Å²) in [5.74, 6) is 1.04. The summed E-state index contributed by atoms with van der Waals surface area (Å²) in [6.07, 6.45) is 0.884. The minimum absolute atomic E-state index is 0.0134. The van der Waals surface area contributed by atoms with E-state index in [9.17, 15) is 9.59 Å². The number of aryl methyl sites for hydroxylation is 1. The number of rotatable bonds is 6. The number of hydrogen-bond acceptors (Lipinski definition) is 5. The molecular formula is C21H26ClN3O3S. The van der Waals surface area contributed by atoms with Crippen LogP contribution in [0.25, 0.3) is 0 Å². The summed E-state index contributed by atoms with van der Waals surface area (Å²) in [7, 11) is 0. The van der Waals surface area contributed by atoms with Crippen LogP contribution < -0.4 is 4.74 Å². The molecule has 0 spiro atoms. The third-order valence-electron chi connectivity index (χ3n) is 4.71. The Bertz CT molecular complexity index is 859. The highest BCUT2D eigenvalue weighted by Crippen LogP contribution is 2.23. The maximum atomic E-state index is 12.9. The second-order valence-corrected chi connectivity index (χ2v) is 9.06. The maximum Gasteiger partial charge on any atom is 0.265 e. The van der Waals surface area contributed by atoms with Crippen LogP contribution in [0.4, 0.5) is 0 Å². The van der Waals surface area contributed by atoms with Crippen molar-refractivity contribution in [2.75, 3.05) is 32.8 Å². The van der Waals surface area contributed by atoms with Gasteiger partial charge in [0, 0.05) is 37.6 Å². The fourth-order valence-electron chi connectivity index (χ4n) is 3.16. The van der Waals surface area contributed by atoms with Crippen LogP contribution in [-0.4, -0.2) is 59.4 Å². The predicted molar refractivity (Wildman–Crippen MR) is 115 cm³/mol. The number of piperazine rings is 1. The largest absolute Gasteiger partial charge is 0.484 e. The van der Waals surface area contributed by atoms with Crippen LogP contribution >= 0.6 is 22.9 Å². The average molecular weight is 436 g/mol. The van der Waals surface area contributed by atoms with Crippen LogP contribution in [0, 0.1) is 12.8 Å². The molecule has 2 amide bonds. The van der Waals surface area contributed by atoms with Crippen molar-refractivity contribution in [1.82, 2.24) is 14.8 Å². The molecule has 2 aromatic rings. The molecule has 1 aliphatic rings. The monoisotopic (exact) mass is 435 g/mol. The lowest BCUT2D eigenvalue weighted by Gasteiger charge is -2.34. The number of carbonyl (C=O) groups excluding carboxylic acids is 2. The molecule has 1 fully saturated rings. The van der Waals surface area contributed by atoms with Crippen molar-refractivity contribution in [3.05, 3.63) is 44.9 Å². The molecule has 1 saturated heterocycles. The summed E-state index contributed by atoms with van der Waals surface area (Å²) in [4.78, 5) is 34.1. The average Bonchev–Trinajstić information content (AvgIpc) is 3.06. The summed E-state index contributed by atoms with van der Waals surface area (Å²) >= 11 is 7.34. The number of amides is 2. The Hall–Kier alpha value is -2.12. The lowest BCUT2D eigenvalue weighted by atomic mass is 10.1. The molecule has 1 aromatic carbocycles. The minimum Gasteiger partial charge on any atom is -0.484 e. The maximum absolute atomic E-state index is 12.9. The van der Waals surface area contributed by atoms with Crippen molar-refractivity contribution in [3.8, 4) is 5.75 Å². The van der Waals surface area contributed by atoms with Crippen LogP contribution in [0.1, 0.15) is 34.2 Å². The van der Waals surface area contributed by atoms with Crippen molar-refractivity contribution >= 4 is 34.8 Å². The summed E-state index contributed by atoms with van der Waals surface area (Å²) in [6.45, 7) is 8.20. The van der Waals surface area contributed by atoms with E-state index in [0.29, 0.717) is 47.7 Å². The molecule has 0 bridgehead atoms. The topological polar surface area (TPSA) is 62.7 Å². The van der Waals surface area contributed by atoms with Gasteiger partial charge in [0.2, 0.25) is 0 Å². The molecule has 0 unspecified atom stereocenters. The molecule has 8 heteroatoms. The molecule has 0 radical (unpaired) electrons. The van der Waals surface area contributed by atoms with Gasteiger partial charge < -0.3 is 14.5 Å². The smallest absolute Gasteiger partial charge is 0.265 e. The Labute approximate surface area is 180 Å². The number of nitrogens with zero attached hydrogens (tertiary/aromatic N) is 3. The fourth-order valence-corrected chi connectivity index (χ4v) is 4.53. The first-order valence-electron chi connectivity index (χ1n) is 9.75. The molecule has 0 aliphatic carbocycles. The highest BCUT2D eigenvalue weighted by Gasteiger charge is 2.27. The summed E-state index contributed by atoms with van der Waals surface area (Å²) in [6, 6.07) is 6.91. The van der Waals surface area contributed by atoms with Crippen molar-refractivity contribution < 1.29 is 14.3 Å². The van der Waals surface area contributed by atoms with Gasteiger partial charge in [-0.25, -0.2) is 4.98 Å². The van der Waals surface area contributed by atoms with Crippen LogP contribution in [-0.2, 0) is 11.2 Å². The summed E-state index contributed by atoms with van der Waals surface area (Å²) in [5.41, 5.74) is 0.797. The quantitative estimate of drug-likeness (QED) is 0.694. The van der Waals surface area contributed by atoms with E-state index >= 15 is 0 Å². The van der Waals surface area contributed by atoms with Crippen molar-refractivity contribution in [2.24, 2.45) is 5.92 Å². The van der Waals surface area contributed by atoms with Crippen LogP contribution in [0.5, 0.6) is 5.75 Å². The van der Waals surface area contributed by atoms with E-state index in [1.807, 2.05) is 11.8 Å². The Balaban J connectivity index is 1.50. The van der Waals surface area contributed by atoms with E-state index in [4.69, 9.17) is 16.3 Å². The van der Waals surface area contributed by atoms with E-state index in [0.717, 1.165) is 17.1 Å². The molecule has 1 aliphatic heterocycles. The molecule has 0 atom stereocenters. The van der Waals surface area contributed by atoms with Gasteiger partial charge in [-0.15, -0.1) is 11.3 Å². The van der Waals surface area contributed by atoms with E-state index in [1.165, 1.54) is 11.3 Å². The Morgan fingerprint density at radius 2 is 1.76 bits per heavy atom. The zero-order valence-corrected chi connectivity index (χ0v) is 18.6.